The van der Waals surface area contributed by atoms with E-state index in [0.29, 0.717) is 33.9 Å². The Morgan fingerprint density at radius 2 is 2.04 bits per heavy atom. The quantitative estimate of drug-likeness (QED) is 0.679. The monoisotopic (exact) mass is 368 g/mol. The molecule has 1 atom stereocenters. The Balaban J connectivity index is 2.00. The molecule has 0 saturated carbocycles. The first-order chi connectivity index (χ1) is 12.8. The highest BCUT2D eigenvalue weighted by atomic mass is 19.1. The van der Waals surface area contributed by atoms with Crippen LogP contribution in [0.3, 0.4) is 0 Å². The smallest absolute Gasteiger partial charge is 0.268 e. The maximum absolute atomic E-state index is 13.8. The van der Waals surface area contributed by atoms with E-state index in [1.165, 1.54) is 19.1 Å². The minimum absolute atomic E-state index is 0.105. The molecule has 0 aliphatic carbocycles. The van der Waals surface area contributed by atoms with E-state index < -0.39 is 11.9 Å². The molecule has 1 amide bonds. The van der Waals surface area contributed by atoms with Gasteiger partial charge in [0.25, 0.3) is 5.91 Å². The SMILES string of the molecule is CC(=O)c1c(C)[nH]c(C(=O)N[C@H](c2cccc(F)c2)c2nccn2C)c1C. The molecule has 2 N–H and O–H groups in total. The number of aromatic nitrogens is 3. The van der Waals surface area contributed by atoms with E-state index in [1.807, 2.05) is 0 Å². The van der Waals surface area contributed by atoms with E-state index in [2.05, 4.69) is 15.3 Å². The fourth-order valence-corrected chi connectivity index (χ4v) is 3.35. The molecule has 2 heterocycles. The number of halogens is 1. The van der Waals surface area contributed by atoms with Gasteiger partial charge in [-0.15, -0.1) is 0 Å². The molecule has 0 bridgehead atoms. The summed E-state index contributed by atoms with van der Waals surface area (Å²) in [5.74, 6) is -0.320. The minimum atomic E-state index is -0.642. The summed E-state index contributed by atoms with van der Waals surface area (Å²) in [6.45, 7) is 4.95. The molecule has 0 radical (unpaired) electrons. The van der Waals surface area contributed by atoms with Crippen molar-refractivity contribution in [3.8, 4) is 0 Å². The molecule has 3 rings (SSSR count). The molecular formula is C20H21FN4O2. The highest BCUT2D eigenvalue weighted by Gasteiger charge is 2.25. The zero-order valence-electron chi connectivity index (χ0n) is 15.6. The largest absolute Gasteiger partial charge is 0.354 e. The van der Waals surface area contributed by atoms with Gasteiger partial charge in [0, 0.05) is 30.7 Å². The second kappa shape index (κ2) is 7.19. The molecule has 0 unspecified atom stereocenters. The van der Waals surface area contributed by atoms with E-state index >= 15 is 0 Å². The van der Waals surface area contributed by atoms with Gasteiger partial charge < -0.3 is 14.9 Å². The lowest BCUT2D eigenvalue weighted by molar-refractivity contribution is 0.0935. The number of carbonyl (C=O) groups excluding carboxylic acids is 2. The van der Waals surface area contributed by atoms with Crippen LogP contribution in [0.4, 0.5) is 4.39 Å². The number of nitrogens with one attached hydrogen (secondary N) is 2. The summed E-state index contributed by atoms with van der Waals surface area (Å²) in [6.07, 6.45) is 3.37. The Kier molecular flexibility index (Phi) is 4.94. The highest BCUT2D eigenvalue weighted by Crippen LogP contribution is 2.24. The fourth-order valence-electron chi connectivity index (χ4n) is 3.35. The second-order valence-electron chi connectivity index (χ2n) is 6.54. The van der Waals surface area contributed by atoms with Crippen molar-refractivity contribution in [3.63, 3.8) is 0 Å². The molecule has 0 fully saturated rings. The summed E-state index contributed by atoms with van der Waals surface area (Å²) in [5, 5.41) is 2.91. The molecule has 6 nitrogen and oxygen atoms in total. The third-order valence-corrected chi connectivity index (χ3v) is 4.59. The lowest BCUT2D eigenvalue weighted by Gasteiger charge is -2.19. The van der Waals surface area contributed by atoms with Crippen molar-refractivity contribution in [2.45, 2.75) is 26.8 Å². The van der Waals surface area contributed by atoms with E-state index in [1.54, 1.807) is 50.0 Å². The van der Waals surface area contributed by atoms with Crippen LogP contribution in [0.2, 0.25) is 0 Å². The number of rotatable bonds is 5. The summed E-state index contributed by atoms with van der Waals surface area (Å²) in [7, 11) is 1.80. The number of imidazole rings is 1. The average molecular weight is 368 g/mol. The number of aryl methyl sites for hydroxylation is 2. The van der Waals surface area contributed by atoms with Gasteiger partial charge in [-0.3, -0.25) is 9.59 Å². The van der Waals surface area contributed by atoms with Crippen LogP contribution in [0.5, 0.6) is 0 Å². The second-order valence-corrected chi connectivity index (χ2v) is 6.54. The van der Waals surface area contributed by atoms with Crippen LogP contribution >= 0.6 is 0 Å². The van der Waals surface area contributed by atoms with Gasteiger partial charge >= 0.3 is 0 Å². The first kappa shape index (κ1) is 18.6. The van der Waals surface area contributed by atoms with E-state index in [0.717, 1.165) is 0 Å². The Labute approximate surface area is 156 Å². The fraction of sp³-hybridized carbons (Fsp3) is 0.250. The molecule has 27 heavy (non-hydrogen) atoms. The number of hydrogen-bond acceptors (Lipinski definition) is 3. The molecule has 0 aliphatic rings. The van der Waals surface area contributed by atoms with Crippen molar-refractivity contribution in [1.82, 2.24) is 19.9 Å². The number of nitrogens with zero attached hydrogens (tertiary/aromatic N) is 2. The lowest BCUT2D eigenvalue weighted by Crippen LogP contribution is -2.31. The molecule has 140 valence electrons. The molecular weight excluding hydrogens is 347 g/mol. The van der Waals surface area contributed by atoms with Crippen LogP contribution in [-0.4, -0.2) is 26.2 Å². The predicted molar refractivity (Wildman–Crippen MR) is 99.2 cm³/mol. The molecule has 0 saturated heterocycles. The Bertz CT molecular complexity index is 1020. The number of carbonyl (C=O) groups is 2. The Morgan fingerprint density at radius 3 is 2.59 bits per heavy atom. The number of aromatic amines is 1. The summed E-state index contributed by atoms with van der Waals surface area (Å²) in [6, 6.07) is 5.39. The topological polar surface area (TPSA) is 79.8 Å². The zero-order valence-corrected chi connectivity index (χ0v) is 15.6. The number of Topliss-reactive ketones (excluding diaryl/α,β-unsaturated/α-hetero) is 1. The van der Waals surface area contributed by atoms with Gasteiger partial charge in [-0.1, -0.05) is 12.1 Å². The lowest BCUT2D eigenvalue weighted by atomic mass is 10.0. The van der Waals surface area contributed by atoms with Crippen molar-refractivity contribution in [1.29, 1.82) is 0 Å². The molecule has 3 aromatic rings. The average Bonchev–Trinajstić information content (AvgIpc) is 3.15. The Hall–Kier alpha value is -3.22. The molecule has 0 aliphatic heterocycles. The van der Waals surface area contributed by atoms with E-state index in [4.69, 9.17) is 0 Å². The van der Waals surface area contributed by atoms with Crippen molar-refractivity contribution in [2.24, 2.45) is 7.05 Å². The zero-order chi connectivity index (χ0) is 19.7. The standard InChI is InChI=1S/C20H21FN4O2/c1-11-16(13(3)26)12(2)23-17(11)20(27)24-18(19-22-8-9-25(19)4)14-6-5-7-15(21)10-14/h5-10,18,23H,1-4H3,(H,24,27)/t18-/m1/s1. The number of benzene rings is 1. The maximum atomic E-state index is 13.8. The van der Waals surface area contributed by atoms with Crippen molar-refractivity contribution >= 4 is 11.7 Å². The predicted octanol–water partition coefficient (Wildman–Crippen LogP) is 3.23. The van der Waals surface area contributed by atoms with Gasteiger partial charge in [0.05, 0.1) is 0 Å². The van der Waals surface area contributed by atoms with Gasteiger partial charge in [-0.25, -0.2) is 9.37 Å². The molecule has 0 spiro atoms. The number of amides is 1. The van der Waals surface area contributed by atoms with Crippen LogP contribution in [0.1, 0.15) is 56.5 Å². The van der Waals surface area contributed by atoms with Crippen LogP contribution in [-0.2, 0) is 7.05 Å². The van der Waals surface area contributed by atoms with Crippen LogP contribution in [0, 0.1) is 19.7 Å². The molecule has 2 aromatic heterocycles. The van der Waals surface area contributed by atoms with E-state index in [9.17, 15) is 14.0 Å². The third-order valence-electron chi connectivity index (χ3n) is 4.59. The van der Waals surface area contributed by atoms with Crippen molar-refractivity contribution in [3.05, 3.63) is 76.4 Å². The Morgan fingerprint density at radius 1 is 1.30 bits per heavy atom. The van der Waals surface area contributed by atoms with E-state index in [-0.39, 0.29) is 11.7 Å². The third kappa shape index (κ3) is 3.53. The van der Waals surface area contributed by atoms with Gasteiger partial charge in [-0.2, -0.15) is 0 Å². The summed E-state index contributed by atoms with van der Waals surface area (Å²) in [5.41, 5.74) is 2.64. The number of H-pyrrole nitrogens is 1. The maximum Gasteiger partial charge on any atom is 0.268 e. The first-order valence-corrected chi connectivity index (χ1v) is 8.53. The van der Waals surface area contributed by atoms with Crippen molar-refractivity contribution < 1.29 is 14.0 Å². The first-order valence-electron chi connectivity index (χ1n) is 8.53. The number of ketones is 1. The van der Waals surface area contributed by atoms with Crippen LogP contribution in [0.15, 0.2) is 36.7 Å². The van der Waals surface area contributed by atoms with Crippen LogP contribution < -0.4 is 5.32 Å². The van der Waals surface area contributed by atoms with Crippen molar-refractivity contribution in [2.75, 3.05) is 0 Å². The normalized spacial score (nSPS) is 12.0. The van der Waals surface area contributed by atoms with Gasteiger partial charge in [0.15, 0.2) is 5.78 Å². The van der Waals surface area contributed by atoms with Crippen LogP contribution in [0.25, 0.3) is 0 Å². The summed E-state index contributed by atoms with van der Waals surface area (Å²) in [4.78, 5) is 32.1. The number of hydrogen-bond donors (Lipinski definition) is 2. The van der Waals surface area contributed by atoms with Gasteiger partial charge in [0.2, 0.25) is 0 Å². The van der Waals surface area contributed by atoms with Gasteiger partial charge in [0.1, 0.15) is 23.4 Å². The van der Waals surface area contributed by atoms with Gasteiger partial charge in [-0.05, 0) is 44.0 Å². The summed E-state index contributed by atoms with van der Waals surface area (Å²) >= 11 is 0. The highest BCUT2D eigenvalue weighted by molar-refractivity contribution is 6.02. The molecule has 1 aromatic carbocycles. The summed E-state index contributed by atoms with van der Waals surface area (Å²) < 4.78 is 15.5. The molecule has 7 heteroatoms. The minimum Gasteiger partial charge on any atom is -0.354 e.